The van der Waals surface area contributed by atoms with Gasteiger partial charge >= 0.3 is 0 Å². The summed E-state index contributed by atoms with van der Waals surface area (Å²) in [4.78, 5) is 31.9. The molecule has 2 aromatic rings. The zero-order valence-corrected chi connectivity index (χ0v) is 14.0. The van der Waals surface area contributed by atoms with Gasteiger partial charge in [0.2, 0.25) is 5.91 Å². The lowest BCUT2D eigenvalue weighted by molar-refractivity contribution is -0.116. The number of hydrogen-bond acceptors (Lipinski definition) is 5. The van der Waals surface area contributed by atoms with Crippen molar-refractivity contribution in [2.45, 2.75) is 17.5 Å². The standard InChI is InChI=1S/C17H17N3O3S/c1-3-8-24-17-19-15-14(16(22)20-17)11(9-13(21)18-15)10-6-4-5-7-12(10)23-2/h3-7,11H,1,8-9H2,2H3,(H2,18,19,20,21,22). The first kappa shape index (κ1) is 16.3. The number of ether oxygens (including phenoxy) is 1. The van der Waals surface area contributed by atoms with Crippen molar-refractivity contribution in [2.75, 3.05) is 18.2 Å². The molecule has 0 radical (unpaired) electrons. The Kier molecular flexibility index (Phi) is 4.71. The minimum absolute atomic E-state index is 0.170. The predicted octanol–water partition coefficient (Wildman–Crippen LogP) is 2.53. The monoisotopic (exact) mass is 343 g/mol. The second-order valence-corrected chi connectivity index (χ2v) is 6.29. The van der Waals surface area contributed by atoms with Gasteiger partial charge in [-0.25, -0.2) is 4.98 Å². The SMILES string of the molecule is C=CCSc1nc2c(c(=O)[nH]1)C(c1ccccc1OC)CC(=O)N2. The normalized spacial score (nSPS) is 16.2. The van der Waals surface area contributed by atoms with Crippen LogP contribution in [-0.2, 0) is 4.79 Å². The van der Waals surface area contributed by atoms with Gasteiger partial charge in [-0.2, -0.15) is 0 Å². The molecule has 0 fully saturated rings. The number of fused-ring (bicyclic) bond motifs is 1. The van der Waals surface area contributed by atoms with Crippen molar-refractivity contribution < 1.29 is 9.53 Å². The molecule has 1 aromatic carbocycles. The zero-order valence-electron chi connectivity index (χ0n) is 13.2. The van der Waals surface area contributed by atoms with Crippen LogP contribution < -0.4 is 15.6 Å². The number of carbonyl (C=O) groups excluding carboxylic acids is 1. The van der Waals surface area contributed by atoms with E-state index in [4.69, 9.17) is 4.74 Å². The third kappa shape index (κ3) is 3.07. The molecule has 0 spiro atoms. The average molecular weight is 343 g/mol. The average Bonchev–Trinajstić information content (AvgIpc) is 2.58. The zero-order chi connectivity index (χ0) is 17.1. The van der Waals surface area contributed by atoms with Crippen LogP contribution in [0, 0.1) is 0 Å². The Hall–Kier alpha value is -2.54. The van der Waals surface area contributed by atoms with Crippen molar-refractivity contribution in [3.05, 3.63) is 58.4 Å². The highest BCUT2D eigenvalue weighted by Gasteiger charge is 2.32. The fourth-order valence-electron chi connectivity index (χ4n) is 2.78. The van der Waals surface area contributed by atoms with E-state index < -0.39 is 0 Å². The highest BCUT2D eigenvalue weighted by atomic mass is 32.2. The first-order chi connectivity index (χ1) is 11.6. The minimum atomic E-state index is -0.389. The number of methoxy groups -OCH3 is 1. The minimum Gasteiger partial charge on any atom is -0.496 e. The largest absolute Gasteiger partial charge is 0.496 e. The Labute approximate surface area is 143 Å². The summed E-state index contributed by atoms with van der Waals surface area (Å²) in [5.74, 6) is 1.02. The number of H-pyrrole nitrogens is 1. The maximum absolute atomic E-state index is 12.6. The van der Waals surface area contributed by atoms with Gasteiger partial charge < -0.3 is 15.0 Å². The fourth-order valence-corrected chi connectivity index (χ4v) is 3.37. The molecule has 1 amide bonds. The number of benzene rings is 1. The number of nitrogens with zero attached hydrogens (tertiary/aromatic N) is 1. The van der Waals surface area contributed by atoms with Gasteiger partial charge in [0, 0.05) is 23.7 Å². The molecular formula is C17H17N3O3S. The second-order valence-electron chi connectivity index (χ2n) is 5.28. The van der Waals surface area contributed by atoms with Gasteiger partial charge in [-0.1, -0.05) is 36.0 Å². The van der Waals surface area contributed by atoms with Crippen LogP contribution in [0.2, 0.25) is 0 Å². The molecule has 7 heteroatoms. The molecule has 1 aromatic heterocycles. The van der Waals surface area contributed by atoms with E-state index in [1.54, 1.807) is 13.2 Å². The topological polar surface area (TPSA) is 84.1 Å². The molecule has 1 unspecified atom stereocenters. The maximum atomic E-state index is 12.6. The number of para-hydroxylation sites is 1. The van der Waals surface area contributed by atoms with Crippen LogP contribution >= 0.6 is 11.8 Å². The van der Waals surface area contributed by atoms with Crippen LogP contribution in [0.25, 0.3) is 0 Å². The molecule has 2 N–H and O–H groups in total. The Morgan fingerprint density at radius 1 is 1.42 bits per heavy atom. The van der Waals surface area contributed by atoms with Crippen molar-refractivity contribution in [3.8, 4) is 5.75 Å². The number of thioether (sulfide) groups is 1. The van der Waals surface area contributed by atoms with E-state index in [-0.39, 0.29) is 23.8 Å². The van der Waals surface area contributed by atoms with E-state index in [9.17, 15) is 9.59 Å². The lowest BCUT2D eigenvalue weighted by atomic mass is 9.86. The number of rotatable bonds is 5. The van der Waals surface area contributed by atoms with Crippen LogP contribution in [0.3, 0.4) is 0 Å². The van der Waals surface area contributed by atoms with Crippen molar-refractivity contribution in [1.29, 1.82) is 0 Å². The molecule has 0 bridgehead atoms. The summed E-state index contributed by atoms with van der Waals surface area (Å²) in [6, 6.07) is 7.40. The van der Waals surface area contributed by atoms with Gasteiger partial charge in [-0.3, -0.25) is 9.59 Å². The van der Waals surface area contributed by atoms with Crippen molar-refractivity contribution in [2.24, 2.45) is 0 Å². The highest BCUT2D eigenvalue weighted by molar-refractivity contribution is 7.99. The first-order valence-corrected chi connectivity index (χ1v) is 8.43. The van der Waals surface area contributed by atoms with Gasteiger partial charge in [0.25, 0.3) is 5.56 Å². The second kappa shape index (κ2) is 6.92. The third-order valence-corrected chi connectivity index (χ3v) is 4.65. The van der Waals surface area contributed by atoms with Gasteiger partial charge in [0.1, 0.15) is 11.6 Å². The van der Waals surface area contributed by atoms with Crippen molar-refractivity contribution >= 4 is 23.5 Å². The quantitative estimate of drug-likeness (QED) is 0.495. The lowest BCUT2D eigenvalue weighted by Crippen LogP contribution is -2.31. The van der Waals surface area contributed by atoms with E-state index in [2.05, 4.69) is 21.9 Å². The van der Waals surface area contributed by atoms with Crippen molar-refractivity contribution in [1.82, 2.24) is 9.97 Å². The number of aromatic nitrogens is 2. The van der Waals surface area contributed by atoms with E-state index in [1.807, 2.05) is 24.3 Å². The van der Waals surface area contributed by atoms with E-state index in [0.717, 1.165) is 5.56 Å². The number of nitrogens with one attached hydrogen (secondary N) is 2. The molecule has 0 aliphatic carbocycles. The molecule has 24 heavy (non-hydrogen) atoms. The van der Waals surface area contributed by atoms with Crippen molar-refractivity contribution in [3.63, 3.8) is 0 Å². The van der Waals surface area contributed by atoms with Crippen LogP contribution in [0.4, 0.5) is 5.82 Å². The molecule has 3 rings (SSSR count). The lowest BCUT2D eigenvalue weighted by Gasteiger charge is -2.25. The Bertz CT molecular complexity index is 847. The molecular weight excluding hydrogens is 326 g/mol. The third-order valence-electron chi connectivity index (χ3n) is 3.78. The molecule has 124 valence electrons. The van der Waals surface area contributed by atoms with Gasteiger partial charge in [0.05, 0.1) is 12.7 Å². The first-order valence-electron chi connectivity index (χ1n) is 7.44. The summed E-state index contributed by atoms with van der Waals surface area (Å²) >= 11 is 1.35. The van der Waals surface area contributed by atoms with E-state index >= 15 is 0 Å². The van der Waals surface area contributed by atoms with Gasteiger partial charge in [-0.15, -0.1) is 6.58 Å². The summed E-state index contributed by atoms with van der Waals surface area (Å²) in [5.41, 5.74) is 1.01. The Balaban J connectivity index is 2.11. The Morgan fingerprint density at radius 2 is 2.21 bits per heavy atom. The number of amides is 1. The van der Waals surface area contributed by atoms with Crippen LogP contribution in [0.15, 0.2) is 46.9 Å². The van der Waals surface area contributed by atoms with Gasteiger partial charge in [-0.05, 0) is 6.07 Å². The van der Waals surface area contributed by atoms with Gasteiger partial charge in [0.15, 0.2) is 5.16 Å². The fraction of sp³-hybridized carbons (Fsp3) is 0.235. The predicted molar refractivity (Wildman–Crippen MR) is 93.9 cm³/mol. The highest BCUT2D eigenvalue weighted by Crippen LogP contribution is 2.38. The summed E-state index contributed by atoms with van der Waals surface area (Å²) in [5, 5.41) is 3.16. The molecule has 1 atom stereocenters. The van der Waals surface area contributed by atoms with Crippen LogP contribution in [0.5, 0.6) is 5.75 Å². The Morgan fingerprint density at radius 3 is 2.96 bits per heavy atom. The van der Waals surface area contributed by atoms with Crippen LogP contribution in [-0.4, -0.2) is 28.7 Å². The van der Waals surface area contributed by atoms with Crippen LogP contribution in [0.1, 0.15) is 23.5 Å². The molecule has 0 saturated heterocycles. The summed E-state index contributed by atoms with van der Waals surface area (Å²) in [6.45, 7) is 3.64. The smallest absolute Gasteiger partial charge is 0.257 e. The molecule has 0 saturated carbocycles. The number of aromatic amines is 1. The molecule has 6 nitrogen and oxygen atoms in total. The molecule has 2 heterocycles. The molecule has 1 aliphatic heterocycles. The summed E-state index contributed by atoms with van der Waals surface area (Å²) < 4.78 is 5.39. The number of anilines is 1. The maximum Gasteiger partial charge on any atom is 0.257 e. The summed E-state index contributed by atoms with van der Waals surface area (Å²) in [6.07, 6.45) is 1.90. The van der Waals surface area contributed by atoms with E-state index in [0.29, 0.717) is 28.0 Å². The number of hydrogen-bond donors (Lipinski definition) is 2. The van der Waals surface area contributed by atoms with E-state index in [1.165, 1.54) is 11.8 Å². The number of carbonyl (C=O) groups is 1. The molecule has 1 aliphatic rings. The summed E-state index contributed by atoms with van der Waals surface area (Å²) in [7, 11) is 1.57.